The van der Waals surface area contributed by atoms with Gasteiger partial charge in [-0.15, -0.1) is 0 Å². The molecule has 40 heavy (non-hydrogen) atoms. The first-order chi connectivity index (χ1) is 19.2. The molecule has 0 radical (unpaired) electrons. The van der Waals surface area contributed by atoms with Crippen LogP contribution in [-0.4, -0.2) is 30.4 Å². The summed E-state index contributed by atoms with van der Waals surface area (Å²) in [7, 11) is 1.66. The van der Waals surface area contributed by atoms with Gasteiger partial charge in [0, 0.05) is 17.6 Å². The van der Waals surface area contributed by atoms with Crippen LogP contribution in [-0.2, 0) is 21.4 Å². The summed E-state index contributed by atoms with van der Waals surface area (Å²) < 4.78 is 11.7. The predicted molar refractivity (Wildman–Crippen MR) is 164 cm³/mol. The van der Waals surface area contributed by atoms with Crippen molar-refractivity contribution in [3.63, 3.8) is 0 Å². The van der Waals surface area contributed by atoms with Gasteiger partial charge < -0.3 is 14.6 Å². The maximum Gasteiger partial charge on any atom is 0.307 e. The summed E-state index contributed by atoms with van der Waals surface area (Å²) in [6, 6.07) is 19.3. The van der Waals surface area contributed by atoms with Crippen LogP contribution in [0.5, 0.6) is 5.75 Å². The summed E-state index contributed by atoms with van der Waals surface area (Å²) in [6.45, 7) is 11.9. The third-order valence-corrected chi connectivity index (χ3v) is 9.02. The van der Waals surface area contributed by atoms with Crippen LogP contribution in [0, 0.1) is 13.8 Å². The number of aryl methyl sites for hydroxylation is 2. The molecule has 1 fully saturated rings. The molecule has 4 rings (SSSR count). The lowest BCUT2D eigenvalue weighted by atomic mass is 9.69. The van der Waals surface area contributed by atoms with Crippen molar-refractivity contribution in [3.05, 3.63) is 94.1 Å². The van der Waals surface area contributed by atoms with Crippen molar-refractivity contribution in [3.8, 4) is 16.9 Å². The first-order valence-corrected chi connectivity index (χ1v) is 14.7. The molecular formula is C36H44O4. The number of carbonyl (C=O) groups is 1. The standard InChI is InChI=1S/C36H44O4/c1-7-35(18-10-20-40-35)19-17-28-12-13-29(21-25(28)4)36(8-2,9-3)30-14-15-31(26(5)22-30)32-23-27(24-34(37)38)11-16-33(32)39-6/h11-17,19,21-23H,7-10,18,20,24H2,1-6H3,(H,37,38)/b19-17+. The molecule has 3 aromatic carbocycles. The van der Waals surface area contributed by atoms with Gasteiger partial charge in [-0.2, -0.15) is 0 Å². The highest BCUT2D eigenvalue weighted by Crippen LogP contribution is 2.42. The van der Waals surface area contributed by atoms with Crippen molar-refractivity contribution in [2.75, 3.05) is 13.7 Å². The van der Waals surface area contributed by atoms with Gasteiger partial charge in [-0.25, -0.2) is 0 Å². The van der Waals surface area contributed by atoms with Crippen molar-refractivity contribution >= 4 is 12.0 Å². The summed E-state index contributed by atoms with van der Waals surface area (Å²) >= 11 is 0. The molecule has 1 atom stereocenters. The van der Waals surface area contributed by atoms with Gasteiger partial charge in [0.25, 0.3) is 0 Å². The zero-order valence-corrected chi connectivity index (χ0v) is 25.0. The van der Waals surface area contributed by atoms with Gasteiger partial charge in [0.05, 0.1) is 19.1 Å². The van der Waals surface area contributed by atoms with Gasteiger partial charge in [0.2, 0.25) is 0 Å². The molecule has 1 aliphatic rings. The Labute approximate surface area is 240 Å². The number of methoxy groups -OCH3 is 1. The number of benzene rings is 3. The second-order valence-corrected chi connectivity index (χ2v) is 11.2. The molecule has 0 bridgehead atoms. The lowest BCUT2D eigenvalue weighted by Crippen LogP contribution is -2.26. The van der Waals surface area contributed by atoms with Gasteiger partial charge >= 0.3 is 5.97 Å². The smallest absolute Gasteiger partial charge is 0.307 e. The van der Waals surface area contributed by atoms with Crippen LogP contribution in [0.15, 0.2) is 60.7 Å². The van der Waals surface area contributed by atoms with Crippen LogP contribution < -0.4 is 4.74 Å². The molecular weight excluding hydrogens is 496 g/mol. The van der Waals surface area contributed by atoms with Gasteiger partial charge in [0.1, 0.15) is 5.75 Å². The summed E-state index contributed by atoms with van der Waals surface area (Å²) in [5.74, 6) is -0.0956. The van der Waals surface area contributed by atoms with E-state index in [0.29, 0.717) is 0 Å². The molecule has 1 heterocycles. The van der Waals surface area contributed by atoms with E-state index in [1.807, 2.05) is 18.2 Å². The molecule has 1 N–H and O–H groups in total. The van der Waals surface area contributed by atoms with E-state index in [0.717, 1.165) is 66.7 Å². The van der Waals surface area contributed by atoms with Crippen molar-refractivity contribution in [2.24, 2.45) is 0 Å². The average molecular weight is 541 g/mol. The molecule has 1 unspecified atom stereocenters. The largest absolute Gasteiger partial charge is 0.496 e. The van der Waals surface area contributed by atoms with Gasteiger partial charge in [-0.1, -0.05) is 75.4 Å². The number of hydrogen-bond acceptors (Lipinski definition) is 3. The van der Waals surface area contributed by atoms with E-state index in [2.05, 4.69) is 83.2 Å². The molecule has 212 valence electrons. The molecule has 3 aromatic rings. The van der Waals surface area contributed by atoms with Crippen LogP contribution in [0.3, 0.4) is 0 Å². The monoisotopic (exact) mass is 540 g/mol. The Balaban J connectivity index is 1.70. The highest BCUT2D eigenvalue weighted by Gasteiger charge is 2.32. The topological polar surface area (TPSA) is 55.8 Å². The number of rotatable bonds is 11. The van der Waals surface area contributed by atoms with E-state index in [1.165, 1.54) is 22.3 Å². The van der Waals surface area contributed by atoms with Crippen LogP contribution in [0.25, 0.3) is 17.2 Å². The van der Waals surface area contributed by atoms with Gasteiger partial charge in [0.15, 0.2) is 0 Å². The minimum Gasteiger partial charge on any atom is -0.496 e. The SMILES string of the molecule is CCC1(/C=C/c2ccc(C(CC)(CC)c3ccc(-c4cc(CC(=O)O)ccc4OC)c(C)c3)cc2C)CCCO1. The zero-order valence-electron chi connectivity index (χ0n) is 25.0. The molecule has 0 spiro atoms. The third-order valence-electron chi connectivity index (χ3n) is 9.02. The van der Waals surface area contributed by atoms with Crippen LogP contribution in [0.4, 0.5) is 0 Å². The average Bonchev–Trinajstić information content (AvgIpc) is 3.43. The molecule has 1 aliphatic heterocycles. The normalized spacial score (nSPS) is 17.4. The molecule has 0 saturated carbocycles. The summed E-state index contributed by atoms with van der Waals surface area (Å²) in [5, 5.41) is 9.30. The minimum absolute atomic E-state index is 0.0140. The maximum atomic E-state index is 11.3. The first kappa shape index (κ1) is 29.6. The fourth-order valence-electron chi connectivity index (χ4n) is 6.40. The van der Waals surface area contributed by atoms with E-state index in [-0.39, 0.29) is 17.4 Å². The van der Waals surface area contributed by atoms with Crippen molar-refractivity contribution in [2.45, 2.75) is 84.2 Å². The summed E-state index contributed by atoms with van der Waals surface area (Å²) in [6.07, 6.45) is 9.71. The summed E-state index contributed by atoms with van der Waals surface area (Å²) in [4.78, 5) is 11.3. The molecule has 0 amide bonds. The van der Waals surface area contributed by atoms with Crippen LogP contribution in [0.1, 0.15) is 86.3 Å². The van der Waals surface area contributed by atoms with E-state index in [1.54, 1.807) is 7.11 Å². The fourth-order valence-corrected chi connectivity index (χ4v) is 6.40. The molecule has 0 aromatic heterocycles. The van der Waals surface area contributed by atoms with E-state index in [9.17, 15) is 9.90 Å². The Morgan fingerprint density at radius 3 is 2.23 bits per heavy atom. The highest BCUT2D eigenvalue weighted by molar-refractivity contribution is 5.77. The second kappa shape index (κ2) is 12.4. The number of carboxylic acids is 1. The number of ether oxygens (including phenoxy) is 2. The lowest BCUT2D eigenvalue weighted by molar-refractivity contribution is -0.136. The quantitative estimate of drug-likeness (QED) is 0.264. The van der Waals surface area contributed by atoms with Gasteiger partial charge in [-0.05, 0) is 97.0 Å². The second-order valence-electron chi connectivity index (χ2n) is 11.2. The number of aliphatic carboxylic acids is 1. The van der Waals surface area contributed by atoms with E-state index < -0.39 is 5.97 Å². The van der Waals surface area contributed by atoms with Crippen LogP contribution >= 0.6 is 0 Å². The Kier molecular flexibility index (Phi) is 9.20. The molecule has 0 aliphatic carbocycles. The van der Waals surface area contributed by atoms with Crippen molar-refractivity contribution in [1.82, 2.24) is 0 Å². The summed E-state index contributed by atoms with van der Waals surface area (Å²) in [5.41, 5.74) is 8.82. The Hall–Kier alpha value is -3.37. The number of carboxylic acid groups (broad SMARTS) is 1. The maximum absolute atomic E-state index is 11.3. The van der Waals surface area contributed by atoms with E-state index in [4.69, 9.17) is 9.47 Å². The fraction of sp³-hybridized carbons (Fsp3) is 0.417. The predicted octanol–water partition coefficient (Wildman–Crippen LogP) is 8.68. The Bertz CT molecular complexity index is 1370. The highest BCUT2D eigenvalue weighted by atomic mass is 16.5. The van der Waals surface area contributed by atoms with Gasteiger partial charge in [-0.3, -0.25) is 4.79 Å². The molecule has 1 saturated heterocycles. The lowest BCUT2D eigenvalue weighted by Gasteiger charge is -2.34. The molecule has 4 nitrogen and oxygen atoms in total. The minimum atomic E-state index is -0.840. The first-order valence-electron chi connectivity index (χ1n) is 14.7. The molecule has 4 heteroatoms. The van der Waals surface area contributed by atoms with Crippen molar-refractivity contribution < 1.29 is 19.4 Å². The number of hydrogen-bond donors (Lipinski definition) is 1. The van der Waals surface area contributed by atoms with E-state index >= 15 is 0 Å². The van der Waals surface area contributed by atoms with Crippen LogP contribution in [0.2, 0.25) is 0 Å². The van der Waals surface area contributed by atoms with Crippen molar-refractivity contribution in [1.29, 1.82) is 0 Å². The zero-order chi connectivity index (χ0) is 28.9. The third kappa shape index (κ3) is 5.88. The Morgan fingerprint density at radius 1 is 0.975 bits per heavy atom. The Morgan fingerprint density at radius 2 is 1.68 bits per heavy atom.